The van der Waals surface area contributed by atoms with Gasteiger partial charge in [0.2, 0.25) is 5.91 Å². The lowest BCUT2D eigenvalue weighted by Crippen LogP contribution is -2.42. The Labute approximate surface area is 169 Å². The molecule has 6 heteroatoms. The zero-order valence-electron chi connectivity index (χ0n) is 15.8. The number of hydrogen-bond donors (Lipinski definition) is 2. The molecule has 0 saturated heterocycles. The van der Waals surface area contributed by atoms with E-state index in [4.69, 9.17) is 0 Å². The third-order valence-electron chi connectivity index (χ3n) is 5.25. The van der Waals surface area contributed by atoms with Crippen molar-refractivity contribution in [3.63, 3.8) is 0 Å². The van der Waals surface area contributed by atoms with Crippen LogP contribution >= 0.6 is 11.5 Å². The first-order chi connectivity index (χ1) is 13.7. The Morgan fingerprint density at radius 1 is 1.18 bits per heavy atom. The van der Waals surface area contributed by atoms with E-state index in [9.17, 15) is 9.90 Å². The molecular weight excluding hydrogens is 370 g/mol. The molecule has 1 aliphatic heterocycles. The molecule has 1 atom stereocenters. The van der Waals surface area contributed by atoms with Gasteiger partial charge in [0.05, 0.1) is 16.5 Å². The molecule has 1 amide bonds. The molecule has 0 aliphatic carbocycles. The van der Waals surface area contributed by atoms with Crippen LogP contribution in [0.25, 0.3) is 10.1 Å². The lowest BCUT2D eigenvalue weighted by Gasteiger charge is -2.30. The maximum absolute atomic E-state index is 12.2. The van der Waals surface area contributed by atoms with Crippen LogP contribution in [0, 0.1) is 0 Å². The Hall–Kier alpha value is -2.28. The summed E-state index contributed by atoms with van der Waals surface area (Å²) >= 11 is 1.47. The van der Waals surface area contributed by atoms with Crippen molar-refractivity contribution >= 4 is 27.5 Å². The number of amides is 1. The van der Waals surface area contributed by atoms with E-state index in [2.05, 4.69) is 38.9 Å². The highest BCUT2D eigenvalue weighted by molar-refractivity contribution is 7.13. The third-order valence-corrected chi connectivity index (χ3v) is 6.12. The first-order valence-corrected chi connectivity index (χ1v) is 10.5. The van der Waals surface area contributed by atoms with Crippen molar-refractivity contribution in [1.29, 1.82) is 0 Å². The summed E-state index contributed by atoms with van der Waals surface area (Å²) in [6.07, 6.45) is 1.46. The molecule has 0 fully saturated rings. The van der Waals surface area contributed by atoms with Crippen LogP contribution in [0.4, 0.5) is 0 Å². The molecule has 1 aliphatic rings. The zero-order chi connectivity index (χ0) is 19.3. The minimum atomic E-state index is -0.561. The van der Waals surface area contributed by atoms with Crippen LogP contribution in [0.15, 0.2) is 48.5 Å². The summed E-state index contributed by atoms with van der Waals surface area (Å²) in [5.41, 5.74) is 3.71. The minimum Gasteiger partial charge on any atom is -0.390 e. The fourth-order valence-electron chi connectivity index (χ4n) is 3.74. The van der Waals surface area contributed by atoms with Gasteiger partial charge in [-0.2, -0.15) is 4.37 Å². The standard InChI is InChI=1S/C22H25N3O2S/c26-18(15-25-12-11-16-5-1-2-6-17(16)14-25)13-23-22(27)10-9-20-19-7-3-4-8-21(19)28-24-20/h1-8,18,26H,9-15H2,(H,23,27)/t18-/m1/s1. The van der Waals surface area contributed by atoms with Gasteiger partial charge in [-0.1, -0.05) is 42.5 Å². The van der Waals surface area contributed by atoms with Gasteiger partial charge in [-0.15, -0.1) is 0 Å². The van der Waals surface area contributed by atoms with Crippen molar-refractivity contribution in [2.24, 2.45) is 0 Å². The number of carbonyl (C=O) groups excluding carboxylic acids is 1. The summed E-state index contributed by atoms with van der Waals surface area (Å²) in [4.78, 5) is 14.4. The van der Waals surface area contributed by atoms with Crippen molar-refractivity contribution in [2.75, 3.05) is 19.6 Å². The van der Waals surface area contributed by atoms with Crippen molar-refractivity contribution < 1.29 is 9.90 Å². The van der Waals surface area contributed by atoms with Gasteiger partial charge in [0, 0.05) is 44.4 Å². The monoisotopic (exact) mass is 395 g/mol. The molecule has 4 rings (SSSR count). The topological polar surface area (TPSA) is 65.5 Å². The molecule has 0 unspecified atom stereocenters. The van der Waals surface area contributed by atoms with Crippen LogP contribution < -0.4 is 5.32 Å². The van der Waals surface area contributed by atoms with E-state index < -0.39 is 6.10 Å². The molecule has 146 valence electrons. The first-order valence-electron chi connectivity index (χ1n) is 9.76. The molecule has 0 bridgehead atoms. The van der Waals surface area contributed by atoms with Crippen LogP contribution in [-0.2, 0) is 24.2 Å². The number of hydrogen-bond acceptors (Lipinski definition) is 5. The van der Waals surface area contributed by atoms with Crippen LogP contribution in [0.5, 0.6) is 0 Å². The second-order valence-electron chi connectivity index (χ2n) is 7.34. The number of nitrogens with zero attached hydrogens (tertiary/aromatic N) is 2. The summed E-state index contributed by atoms with van der Waals surface area (Å²) in [5, 5.41) is 14.3. The molecule has 0 saturated carbocycles. The van der Waals surface area contributed by atoms with Crippen LogP contribution in [0.2, 0.25) is 0 Å². The summed E-state index contributed by atoms with van der Waals surface area (Å²) in [7, 11) is 0. The van der Waals surface area contributed by atoms with Gasteiger partial charge in [-0.3, -0.25) is 9.69 Å². The van der Waals surface area contributed by atoms with E-state index in [0.717, 1.165) is 35.3 Å². The van der Waals surface area contributed by atoms with Gasteiger partial charge in [0.15, 0.2) is 0 Å². The van der Waals surface area contributed by atoms with Gasteiger partial charge in [-0.25, -0.2) is 0 Å². The summed E-state index contributed by atoms with van der Waals surface area (Å²) in [6, 6.07) is 16.6. The van der Waals surface area contributed by atoms with Gasteiger partial charge >= 0.3 is 0 Å². The van der Waals surface area contributed by atoms with Gasteiger partial charge in [0.1, 0.15) is 0 Å². The molecule has 28 heavy (non-hydrogen) atoms. The maximum atomic E-state index is 12.2. The molecule has 1 aromatic heterocycles. The molecule has 0 radical (unpaired) electrons. The average molecular weight is 396 g/mol. The Kier molecular flexibility index (Phi) is 6.00. The fourth-order valence-corrected chi connectivity index (χ4v) is 4.56. The zero-order valence-corrected chi connectivity index (χ0v) is 16.6. The normalized spacial score (nSPS) is 15.3. The second kappa shape index (κ2) is 8.82. The molecule has 0 spiro atoms. The lowest BCUT2D eigenvalue weighted by atomic mass is 10.00. The van der Waals surface area contributed by atoms with E-state index in [1.807, 2.05) is 24.3 Å². The highest BCUT2D eigenvalue weighted by atomic mass is 32.1. The number of benzene rings is 2. The number of rotatable bonds is 7. The number of carbonyl (C=O) groups is 1. The highest BCUT2D eigenvalue weighted by Gasteiger charge is 2.18. The van der Waals surface area contributed by atoms with Crippen molar-refractivity contribution in [1.82, 2.24) is 14.6 Å². The number of aliphatic hydroxyl groups excluding tert-OH is 1. The first kappa shape index (κ1) is 19.1. The van der Waals surface area contributed by atoms with Gasteiger partial charge < -0.3 is 10.4 Å². The molecule has 2 heterocycles. The molecular formula is C22H25N3O2S. The van der Waals surface area contributed by atoms with Gasteiger partial charge in [-0.05, 0) is 35.1 Å². The quantitative estimate of drug-likeness (QED) is 0.646. The minimum absolute atomic E-state index is 0.0416. The van der Waals surface area contributed by atoms with Crippen LogP contribution in [0.1, 0.15) is 23.2 Å². The van der Waals surface area contributed by atoms with E-state index in [1.165, 1.54) is 22.7 Å². The Bertz CT molecular complexity index is 956. The smallest absolute Gasteiger partial charge is 0.220 e. The van der Waals surface area contributed by atoms with Crippen LogP contribution in [-0.4, -0.2) is 46.0 Å². The molecule has 2 N–H and O–H groups in total. The largest absolute Gasteiger partial charge is 0.390 e. The van der Waals surface area contributed by atoms with E-state index >= 15 is 0 Å². The SMILES string of the molecule is O=C(CCc1nsc2ccccc12)NC[C@@H](O)CN1CCc2ccccc2C1. The second-order valence-corrected chi connectivity index (χ2v) is 8.14. The summed E-state index contributed by atoms with van der Waals surface area (Å²) in [5.74, 6) is -0.0416. The Morgan fingerprint density at radius 3 is 2.86 bits per heavy atom. The Morgan fingerprint density at radius 2 is 1.96 bits per heavy atom. The van der Waals surface area contributed by atoms with E-state index in [0.29, 0.717) is 19.4 Å². The van der Waals surface area contributed by atoms with Crippen molar-refractivity contribution in [3.05, 3.63) is 65.4 Å². The van der Waals surface area contributed by atoms with E-state index in [1.54, 1.807) is 0 Å². The van der Waals surface area contributed by atoms with E-state index in [-0.39, 0.29) is 12.5 Å². The van der Waals surface area contributed by atoms with Gasteiger partial charge in [0.25, 0.3) is 0 Å². The fraction of sp³-hybridized carbons (Fsp3) is 0.364. The molecule has 5 nitrogen and oxygen atoms in total. The lowest BCUT2D eigenvalue weighted by molar-refractivity contribution is -0.121. The van der Waals surface area contributed by atoms with Crippen molar-refractivity contribution in [2.45, 2.75) is 31.9 Å². The number of β-amino-alcohol motifs (C(OH)–C–C–N with tert-alkyl or cyclic N) is 1. The number of aryl methyl sites for hydroxylation is 1. The number of aromatic nitrogens is 1. The number of aliphatic hydroxyl groups is 1. The predicted molar refractivity (Wildman–Crippen MR) is 112 cm³/mol. The summed E-state index contributed by atoms with van der Waals surface area (Å²) < 4.78 is 5.61. The third kappa shape index (κ3) is 4.58. The number of fused-ring (bicyclic) bond motifs is 2. The van der Waals surface area contributed by atoms with Crippen LogP contribution in [0.3, 0.4) is 0 Å². The molecule has 3 aromatic rings. The summed E-state index contributed by atoms with van der Waals surface area (Å²) in [6.45, 7) is 2.66. The maximum Gasteiger partial charge on any atom is 0.220 e. The van der Waals surface area contributed by atoms with Crippen molar-refractivity contribution in [3.8, 4) is 0 Å². The highest BCUT2D eigenvalue weighted by Crippen LogP contribution is 2.23. The Balaban J connectivity index is 1.20. The molecule has 2 aromatic carbocycles. The average Bonchev–Trinajstić information content (AvgIpc) is 3.14. The number of nitrogens with one attached hydrogen (secondary N) is 1. The predicted octanol–water partition coefficient (Wildman–Crippen LogP) is 2.76.